The molecule has 11 heteroatoms. The Bertz CT molecular complexity index is 802. The number of aromatic hydroxyl groups is 1. The zero-order valence-electron chi connectivity index (χ0n) is 19.3. The third-order valence-corrected chi connectivity index (χ3v) is 6.14. The summed E-state index contributed by atoms with van der Waals surface area (Å²) < 4.78 is 4.60. The lowest BCUT2D eigenvalue weighted by atomic mass is 9.84. The third-order valence-electron chi connectivity index (χ3n) is 5.01. The fourth-order valence-electron chi connectivity index (χ4n) is 3.23. The van der Waals surface area contributed by atoms with Crippen molar-refractivity contribution in [3.05, 3.63) is 24.3 Å². The van der Waals surface area contributed by atoms with Gasteiger partial charge in [0.1, 0.15) is 11.8 Å². The molecule has 0 heterocycles. The molecular formula is C22H33N3O7S. The summed E-state index contributed by atoms with van der Waals surface area (Å²) in [5, 5.41) is 23.8. The molecule has 3 amide bonds. The molecular weight excluding hydrogens is 450 g/mol. The van der Waals surface area contributed by atoms with Gasteiger partial charge in [0.2, 0.25) is 17.7 Å². The topological polar surface area (TPSA) is 154 Å². The first-order chi connectivity index (χ1) is 15.6. The number of hydroxylamine groups is 1. The minimum Gasteiger partial charge on any atom is -0.508 e. The van der Waals surface area contributed by atoms with Crippen LogP contribution in [0.1, 0.15) is 33.1 Å². The van der Waals surface area contributed by atoms with E-state index in [1.807, 2.05) is 13.8 Å². The van der Waals surface area contributed by atoms with Crippen LogP contribution in [-0.4, -0.2) is 60.0 Å². The number of benzene rings is 1. The Morgan fingerprint density at radius 2 is 1.67 bits per heavy atom. The molecule has 0 saturated heterocycles. The molecule has 184 valence electrons. The number of amides is 3. The van der Waals surface area contributed by atoms with Crippen LogP contribution in [0.2, 0.25) is 0 Å². The van der Waals surface area contributed by atoms with Crippen molar-refractivity contribution in [1.29, 1.82) is 0 Å². The van der Waals surface area contributed by atoms with Crippen molar-refractivity contribution in [2.45, 2.75) is 44.0 Å². The summed E-state index contributed by atoms with van der Waals surface area (Å²) >= 11 is 1.30. The summed E-state index contributed by atoms with van der Waals surface area (Å²) in [6, 6.07) is 5.40. The number of ether oxygens (including phenoxy) is 1. The van der Waals surface area contributed by atoms with Gasteiger partial charge >= 0.3 is 5.97 Å². The molecule has 1 aromatic rings. The highest BCUT2D eigenvalue weighted by Gasteiger charge is 2.36. The smallest absolute Gasteiger partial charge is 0.305 e. The van der Waals surface area contributed by atoms with Crippen molar-refractivity contribution in [2.24, 2.45) is 17.8 Å². The minimum absolute atomic E-state index is 0.0333. The maximum absolute atomic E-state index is 13.2. The van der Waals surface area contributed by atoms with Crippen LogP contribution >= 0.6 is 11.8 Å². The molecule has 0 bridgehead atoms. The summed E-state index contributed by atoms with van der Waals surface area (Å²) in [6.07, 6.45) is 0.296. The number of carbonyl (C=O) groups is 4. The molecule has 0 saturated carbocycles. The second kappa shape index (κ2) is 14.4. The Hall–Kier alpha value is -2.79. The zero-order valence-corrected chi connectivity index (χ0v) is 20.1. The van der Waals surface area contributed by atoms with Crippen LogP contribution in [-0.2, 0) is 23.9 Å². The van der Waals surface area contributed by atoms with Gasteiger partial charge in [-0.2, -0.15) is 0 Å². The van der Waals surface area contributed by atoms with Gasteiger partial charge in [-0.3, -0.25) is 24.4 Å². The fraction of sp³-hybridized carbons (Fsp3) is 0.545. The van der Waals surface area contributed by atoms with E-state index in [2.05, 4.69) is 15.4 Å². The van der Waals surface area contributed by atoms with E-state index in [0.717, 1.165) is 4.90 Å². The number of phenols is 1. The molecule has 10 nitrogen and oxygen atoms in total. The molecule has 1 rings (SSSR count). The molecule has 0 aliphatic heterocycles. The predicted molar refractivity (Wildman–Crippen MR) is 122 cm³/mol. The van der Waals surface area contributed by atoms with Crippen LogP contribution in [0.5, 0.6) is 5.75 Å². The Labute approximate surface area is 197 Å². The summed E-state index contributed by atoms with van der Waals surface area (Å²) in [5.74, 6) is -3.65. The van der Waals surface area contributed by atoms with Crippen molar-refractivity contribution < 1.29 is 34.2 Å². The molecule has 0 fully saturated rings. The average molecular weight is 484 g/mol. The van der Waals surface area contributed by atoms with E-state index in [0.29, 0.717) is 6.42 Å². The molecule has 0 aromatic heterocycles. The van der Waals surface area contributed by atoms with Gasteiger partial charge in [-0.05, 0) is 43.0 Å². The predicted octanol–water partition coefficient (Wildman–Crippen LogP) is 1.45. The first-order valence-corrected chi connectivity index (χ1v) is 11.6. The second-order valence-electron chi connectivity index (χ2n) is 7.91. The molecule has 5 N–H and O–H groups in total. The molecule has 1 unspecified atom stereocenters. The fourth-order valence-corrected chi connectivity index (χ4v) is 4.32. The average Bonchev–Trinajstić information content (AvgIpc) is 2.80. The Morgan fingerprint density at radius 1 is 1.03 bits per heavy atom. The van der Waals surface area contributed by atoms with Crippen LogP contribution in [0.4, 0.5) is 0 Å². The van der Waals surface area contributed by atoms with Crippen molar-refractivity contribution >= 4 is 35.5 Å². The normalized spacial score (nSPS) is 13.5. The van der Waals surface area contributed by atoms with E-state index in [1.54, 1.807) is 17.6 Å². The van der Waals surface area contributed by atoms with E-state index < -0.39 is 41.6 Å². The van der Waals surface area contributed by atoms with Crippen LogP contribution in [0.25, 0.3) is 0 Å². The summed E-state index contributed by atoms with van der Waals surface area (Å²) in [7, 11) is 2.65. The van der Waals surface area contributed by atoms with Gasteiger partial charge in [-0.15, -0.1) is 11.8 Å². The van der Waals surface area contributed by atoms with Crippen LogP contribution in [0, 0.1) is 17.8 Å². The number of nitrogens with one attached hydrogen (secondary N) is 3. The second-order valence-corrected chi connectivity index (χ2v) is 9.01. The van der Waals surface area contributed by atoms with E-state index >= 15 is 0 Å². The minimum atomic E-state index is -0.987. The number of carbonyl (C=O) groups excluding carboxylic acids is 4. The molecule has 0 aliphatic carbocycles. The number of thioether (sulfide) groups is 1. The van der Waals surface area contributed by atoms with Gasteiger partial charge in [0.05, 0.1) is 18.9 Å². The SMILES string of the molecule is CNC(=O)[C@@H](CCC(=O)OC)NC(=O)[C@@H](CC(C)C)C(CSc1ccc(O)cc1)C(=O)NO. The maximum atomic E-state index is 13.2. The summed E-state index contributed by atoms with van der Waals surface area (Å²) in [5.41, 5.74) is 1.64. The third kappa shape index (κ3) is 9.70. The zero-order chi connectivity index (χ0) is 25.0. The Kier molecular flexibility index (Phi) is 12.3. The number of hydrogen-bond acceptors (Lipinski definition) is 8. The monoisotopic (exact) mass is 483 g/mol. The lowest BCUT2D eigenvalue weighted by Crippen LogP contribution is -2.51. The Balaban J connectivity index is 3.08. The van der Waals surface area contributed by atoms with E-state index in [1.165, 1.54) is 38.1 Å². The highest BCUT2D eigenvalue weighted by atomic mass is 32.2. The number of methoxy groups -OCH3 is 1. The van der Waals surface area contributed by atoms with Crippen molar-refractivity contribution in [3.63, 3.8) is 0 Å². The van der Waals surface area contributed by atoms with Crippen molar-refractivity contribution in [3.8, 4) is 5.75 Å². The molecule has 0 radical (unpaired) electrons. The number of likely N-dealkylation sites (N-methyl/N-ethyl adjacent to an activating group) is 1. The summed E-state index contributed by atoms with van der Waals surface area (Å²) in [6.45, 7) is 3.80. The summed E-state index contributed by atoms with van der Waals surface area (Å²) in [4.78, 5) is 50.3. The van der Waals surface area contributed by atoms with Gasteiger partial charge in [0.15, 0.2) is 0 Å². The van der Waals surface area contributed by atoms with Gasteiger partial charge in [-0.25, -0.2) is 5.48 Å². The van der Waals surface area contributed by atoms with Gasteiger partial charge < -0.3 is 20.5 Å². The molecule has 0 spiro atoms. The van der Waals surface area contributed by atoms with Crippen LogP contribution in [0.3, 0.4) is 0 Å². The number of phenolic OH excluding ortho intramolecular Hbond substituents is 1. The molecule has 3 atom stereocenters. The maximum Gasteiger partial charge on any atom is 0.305 e. The largest absolute Gasteiger partial charge is 0.508 e. The van der Waals surface area contributed by atoms with Gasteiger partial charge in [0, 0.05) is 24.1 Å². The van der Waals surface area contributed by atoms with E-state index in [-0.39, 0.29) is 30.3 Å². The highest BCUT2D eigenvalue weighted by Crippen LogP contribution is 2.29. The van der Waals surface area contributed by atoms with E-state index in [9.17, 15) is 29.5 Å². The van der Waals surface area contributed by atoms with Crippen molar-refractivity contribution in [2.75, 3.05) is 19.9 Å². The first kappa shape index (κ1) is 28.2. The first-order valence-electron chi connectivity index (χ1n) is 10.6. The standard InChI is InChI=1S/C22H33N3O7S/c1-13(2)11-16(20(28)24-18(22(30)23-3)9-10-19(27)32-4)17(21(29)25-31)12-33-15-7-5-14(26)6-8-15/h5-8,13,16-18,26,31H,9-12H2,1-4H3,(H,23,30)(H,24,28)(H,25,29)/t16-,17?,18+/m0/s1. The number of hydrogen-bond donors (Lipinski definition) is 5. The van der Waals surface area contributed by atoms with Gasteiger partial charge in [-0.1, -0.05) is 13.8 Å². The lowest BCUT2D eigenvalue weighted by molar-refractivity contribution is -0.142. The lowest BCUT2D eigenvalue weighted by Gasteiger charge is -2.28. The van der Waals surface area contributed by atoms with Crippen LogP contribution < -0.4 is 16.1 Å². The van der Waals surface area contributed by atoms with E-state index in [4.69, 9.17) is 0 Å². The number of esters is 1. The number of rotatable bonds is 13. The van der Waals surface area contributed by atoms with Gasteiger partial charge in [0.25, 0.3) is 0 Å². The van der Waals surface area contributed by atoms with Crippen molar-refractivity contribution in [1.82, 2.24) is 16.1 Å². The quantitative estimate of drug-likeness (QED) is 0.122. The van der Waals surface area contributed by atoms with Crippen LogP contribution in [0.15, 0.2) is 29.2 Å². The highest BCUT2D eigenvalue weighted by molar-refractivity contribution is 7.99. The molecule has 1 aromatic carbocycles. The molecule has 0 aliphatic rings. The molecule has 33 heavy (non-hydrogen) atoms. The Morgan fingerprint density at radius 3 is 2.18 bits per heavy atom.